The fourth-order valence-electron chi connectivity index (χ4n) is 5.47. The van der Waals surface area contributed by atoms with Crippen LogP contribution in [-0.4, -0.2) is 60.9 Å². The van der Waals surface area contributed by atoms with E-state index in [1.165, 1.54) is 10.8 Å². The Bertz CT molecular complexity index is 1680. The van der Waals surface area contributed by atoms with E-state index in [9.17, 15) is 14.2 Å². The molecule has 1 aliphatic heterocycles. The van der Waals surface area contributed by atoms with Crippen molar-refractivity contribution in [2.45, 2.75) is 37.4 Å². The first kappa shape index (κ1) is 33.2. The van der Waals surface area contributed by atoms with Gasteiger partial charge in [0, 0.05) is 22.7 Å². The highest BCUT2D eigenvalue weighted by Crippen LogP contribution is 2.44. The number of aromatic amines is 1. The van der Waals surface area contributed by atoms with Gasteiger partial charge in [0.25, 0.3) is 5.56 Å². The van der Waals surface area contributed by atoms with Gasteiger partial charge in [-0.05, 0) is 47.9 Å². The van der Waals surface area contributed by atoms with Crippen LogP contribution >= 0.6 is 8.25 Å². The lowest BCUT2D eigenvalue weighted by molar-refractivity contribution is -0.0920. The highest BCUT2D eigenvalue weighted by atomic mass is 31.1. The highest BCUT2D eigenvalue weighted by Gasteiger charge is 2.46. The summed E-state index contributed by atoms with van der Waals surface area (Å²) < 4.78 is 48.9. The van der Waals surface area contributed by atoms with Gasteiger partial charge in [-0.2, -0.15) is 0 Å². The minimum atomic E-state index is -2.63. The van der Waals surface area contributed by atoms with Gasteiger partial charge in [-0.25, -0.2) is 4.79 Å². The molecule has 4 aromatic rings. The summed E-state index contributed by atoms with van der Waals surface area (Å²) in [6, 6.07) is 24.8. The Kier molecular flexibility index (Phi) is 10.8. The lowest BCUT2D eigenvalue weighted by Crippen LogP contribution is -2.38. The number of aromatic nitrogens is 2. The first-order valence-corrected chi connectivity index (χ1v) is 15.7. The van der Waals surface area contributed by atoms with Crippen molar-refractivity contribution in [1.29, 1.82) is 0 Å². The molecule has 242 valence electrons. The number of hydrogen-bond donors (Lipinski definition) is 2. The van der Waals surface area contributed by atoms with Gasteiger partial charge in [0.1, 0.15) is 42.1 Å². The second kappa shape index (κ2) is 15.0. The number of H-pyrrole nitrogens is 1. The maximum absolute atomic E-state index is 12.8. The number of aliphatic hydroxyl groups excluding tert-OH is 1. The molecule has 1 fully saturated rings. The smallest absolute Gasteiger partial charge is 0.497 e. The number of rotatable bonds is 14. The second-order valence-corrected chi connectivity index (χ2v) is 11.5. The minimum Gasteiger partial charge on any atom is -0.497 e. The number of hydrogen-bond acceptors (Lipinski definition) is 10. The molecule has 1 saturated heterocycles. The standard InChI is InChI=1S/C33H35N2O10P/c1-22-20-35(32(38)34-31(22)37)30-19-28(45-46(39)43-18-17-36)29(44-30)21-42-33(23-7-5-4-6-8-23,24-9-13-26(40-2)14-10-24)25-11-15-27(41-3)16-12-25/h4-16,20,28-30,36H,17-19,21H2,1-3H3/p+1/t28-,29+,30+/m0/s1. The number of nitrogens with one attached hydrogen (secondary N) is 1. The number of aryl methyl sites for hydroxylation is 1. The van der Waals surface area contributed by atoms with Crippen molar-refractivity contribution in [3.05, 3.63) is 128 Å². The molecule has 1 aromatic heterocycles. The van der Waals surface area contributed by atoms with Gasteiger partial charge in [-0.15, -0.1) is 9.05 Å². The van der Waals surface area contributed by atoms with Crippen LogP contribution in [0.15, 0.2) is 94.6 Å². The molecular weight excluding hydrogens is 615 g/mol. The molecule has 4 atom stereocenters. The minimum absolute atomic E-state index is 0.0750. The Morgan fingerprint density at radius 3 is 2.09 bits per heavy atom. The Morgan fingerprint density at radius 1 is 0.935 bits per heavy atom. The van der Waals surface area contributed by atoms with Gasteiger partial charge in [0.05, 0.1) is 27.4 Å². The third-order valence-electron chi connectivity index (χ3n) is 7.78. The molecule has 0 spiro atoms. The van der Waals surface area contributed by atoms with Crippen LogP contribution in [0.4, 0.5) is 0 Å². The maximum atomic E-state index is 12.8. The Balaban J connectivity index is 1.56. The summed E-state index contributed by atoms with van der Waals surface area (Å²) in [5.41, 5.74) is 0.397. The second-order valence-electron chi connectivity index (χ2n) is 10.6. The number of methoxy groups -OCH3 is 2. The fourth-order valence-corrected chi connectivity index (χ4v) is 6.20. The monoisotopic (exact) mass is 651 g/mol. The number of benzene rings is 3. The molecule has 0 bridgehead atoms. The van der Waals surface area contributed by atoms with Crippen molar-refractivity contribution < 1.29 is 37.7 Å². The van der Waals surface area contributed by atoms with Gasteiger partial charge >= 0.3 is 13.9 Å². The topological polar surface area (TPSA) is 148 Å². The highest BCUT2D eigenvalue weighted by molar-refractivity contribution is 7.33. The average Bonchev–Trinajstić information content (AvgIpc) is 3.48. The van der Waals surface area contributed by atoms with Gasteiger partial charge in [0.2, 0.25) is 0 Å². The molecule has 1 aliphatic rings. The first-order chi connectivity index (χ1) is 22.3. The predicted octanol–water partition coefficient (Wildman–Crippen LogP) is 4.21. The van der Waals surface area contributed by atoms with Crippen LogP contribution in [0.3, 0.4) is 0 Å². The van der Waals surface area contributed by atoms with E-state index < -0.39 is 43.5 Å². The summed E-state index contributed by atoms with van der Waals surface area (Å²) in [6.45, 7) is 0.984. The fraction of sp³-hybridized carbons (Fsp3) is 0.333. The number of nitrogens with zero attached hydrogens (tertiary/aromatic N) is 1. The molecule has 0 amide bonds. The summed E-state index contributed by atoms with van der Waals surface area (Å²) in [4.78, 5) is 27.1. The normalized spacial score (nSPS) is 18.3. The SMILES string of the molecule is COc1ccc(C(OC[C@H]2O[C@@H](n3cc(C)c(=O)[nH]c3=O)C[C@@H]2O[P+](=O)OCCO)(c2ccccc2)c2ccc(OC)cc2)cc1. The van der Waals surface area contributed by atoms with E-state index in [0.717, 1.165) is 16.7 Å². The van der Waals surface area contributed by atoms with Gasteiger partial charge in [-0.3, -0.25) is 14.3 Å². The van der Waals surface area contributed by atoms with Crippen molar-refractivity contribution in [2.24, 2.45) is 0 Å². The van der Waals surface area contributed by atoms with E-state index in [4.69, 9.17) is 33.1 Å². The zero-order chi connectivity index (χ0) is 32.7. The van der Waals surface area contributed by atoms with Crippen LogP contribution < -0.4 is 20.7 Å². The van der Waals surface area contributed by atoms with Crippen molar-refractivity contribution in [2.75, 3.05) is 34.0 Å². The van der Waals surface area contributed by atoms with E-state index in [0.29, 0.717) is 17.1 Å². The van der Waals surface area contributed by atoms with Crippen LogP contribution in [0.25, 0.3) is 0 Å². The van der Waals surface area contributed by atoms with Gasteiger partial charge in [-0.1, -0.05) is 54.6 Å². The molecule has 5 rings (SSSR count). The van der Waals surface area contributed by atoms with Crippen LogP contribution in [-0.2, 0) is 28.7 Å². The van der Waals surface area contributed by atoms with Gasteiger partial charge in [0.15, 0.2) is 0 Å². The predicted molar refractivity (Wildman–Crippen MR) is 168 cm³/mol. The van der Waals surface area contributed by atoms with Crippen molar-refractivity contribution >= 4 is 8.25 Å². The Hall–Kier alpha value is -4.16. The molecule has 46 heavy (non-hydrogen) atoms. The average molecular weight is 652 g/mol. The summed E-state index contributed by atoms with van der Waals surface area (Å²) in [7, 11) is 0.559. The third-order valence-corrected chi connectivity index (χ3v) is 8.62. The quantitative estimate of drug-likeness (QED) is 0.150. The Morgan fingerprint density at radius 2 is 1.52 bits per heavy atom. The molecule has 12 nitrogen and oxygen atoms in total. The summed E-state index contributed by atoms with van der Waals surface area (Å²) in [5.74, 6) is 1.34. The van der Waals surface area contributed by atoms with Crippen LogP contribution in [0.5, 0.6) is 11.5 Å². The van der Waals surface area contributed by atoms with E-state index in [-0.39, 0.29) is 26.2 Å². The first-order valence-electron chi connectivity index (χ1n) is 14.6. The maximum Gasteiger partial charge on any atom is 0.697 e. The molecule has 0 radical (unpaired) electrons. The van der Waals surface area contributed by atoms with E-state index >= 15 is 0 Å². The summed E-state index contributed by atoms with van der Waals surface area (Å²) in [5, 5.41) is 9.13. The number of ether oxygens (including phenoxy) is 4. The van der Waals surface area contributed by atoms with E-state index in [1.807, 2.05) is 78.9 Å². The van der Waals surface area contributed by atoms with E-state index in [1.54, 1.807) is 21.1 Å². The zero-order valence-electron chi connectivity index (χ0n) is 25.7. The van der Waals surface area contributed by atoms with Crippen LogP contribution in [0.2, 0.25) is 0 Å². The molecule has 3 aromatic carbocycles. The van der Waals surface area contributed by atoms with Crippen molar-refractivity contribution in [1.82, 2.24) is 9.55 Å². The summed E-state index contributed by atoms with van der Waals surface area (Å²) in [6.07, 6.45) is -1.02. The molecular formula is C33H36N2O10P+. The third kappa shape index (κ3) is 7.13. The lowest BCUT2D eigenvalue weighted by atomic mass is 9.80. The molecule has 13 heteroatoms. The van der Waals surface area contributed by atoms with Crippen LogP contribution in [0.1, 0.15) is 34.9 Å². The largest absolute Gasteiger partial charge is 0.697 e. The van der Waals surface area contributed by atoms with Crippen molar-refractivity contribution in [3.8, 4) is 11.5 Å². The van der Waals surface area contributed by atoms with Crippen molar-refractivity contribution in [3.63, 3.8) is 0 Å². The molecule has 2 N–H and O–H groups in total. The summed E-state index contributed by atoms with van der Waals surface area (Å²) >= 11 is 0. The Labute approximate surface area is 266 Å². The lowest BCUT2D eigenvalue weighted by Gasteiger charge is -2.37. The molecule has 0 aliphatic carbocycles. The molecule has 2 heterocycles. The zero-order valence-corrected chi connectivity index (χ0v) is 26.6. The molecule has 0 saturated carbocycles. The molecule has 1 unspecified atom stereocenters. The van der Waals surface area contributed by atoms with Gasteiger partial charge < -0.3 is 24.1 Å². The van der Waals surface area contributed by atoms with Crippen LogP contribution in [0, 0.1) is 6.92 Å². The van der Waals surface area contributed by atoms with E-state index in [2.05, 4.69) is 4.98 Å². The number of aliphatic hydroxyl groups is 1.